The fourth-order valence-electron chi connectivity index (χ4n) is 4.93. The smallest absolute Gasteiger partial charge is 0.262 e. The Balaban J connectivity index is 1.52. The van der Waals surface area contributed by atoms with Crippen LogP contribution >= 0.6 is 0 Å². The van der Waals surface area contributed by atoms with Crippen LogP contribution in [0.5, 0.6) is 5.75 Å². The third-order valence-electron chi connectivity index (χ3n) is 6.73. The predicted octanol–water partition coefficient (Wildman–Crippen LogP) is 2.52. The minimum absolute atomic E-state index is 0.0556. The standard InChI is InChI=1S/C22H31N3O5S/c1-15-11-18-19(30-14-21(26)23-18)12-20(15)31(28,29)25-10-6-7-16(13-25)22(27)24(2)17-8-4-3-5-9-17/h11-12,16-17H,3-10,13-14H2,1-2H3,(H,23,26). The molecule has 0 bridgehead atoms. The Bertz CT molecular complexity index is 972. The average Bonchev–Trinajstić information content (AvgIpc) is 2.78. The van der Waals surface area contributed by atoms with Crippen LogP contribution in [0.15, 0.2) is 17.0 Å². The number of anilines is 1. The van der Waals surface area contributed by atoms with Crippen molar-refractivity contribution in [3.05, 3.63) is 17.7 Å². The zero-order valence-electron chi connectivity index (χ0n) is 18.2. The van der Waals surface area contributed by atoms with Gasteiger partial charge in [-0.3, -0.25) is 9.59 Å². The maximum absolute atomic E-state index is 13.5. The molecule has 2 fully saturated rings. The van der Waals surface area contributed by atoms with Crippen LogP contribution < -0.4 is 10.1 Å². The SMILES string of the molecule is Cc1cc2c(cc1S(=O)(=O)N1CCCC(C(=O)N(C)C3CCCCC3)C1)OCC(=O)N2. The molecule has 2 aliphatic heterocycles. The number of aryl methyl sites for hydroxylation is 1. The topological polar surface area (TPSA) is 96.0 Å². The van der Waals surface area contributed by atoms with Crippen molar-refractivity contribution < 1.29 is 22.7 Å². The second kappa shape index (κ2) is 8.78. The van der Waals surface area contributed by atoms with Gasteiger partial charge in [-0.1, -0.05) is 19.3 Å². The maximum Gasteiger partial charge on any atom is 0.262 e. The number of amides is 2. The van der Waals surface area contributed by atoms with Gasteiger partial charge in [0.1, 0.15) is 5.75 Å². The molecule has 8 nitrogen and oxygen atoms in total. The van der Waals surface area contributed by atoms with Crippen molar-refractivity contribution in [2.75, 3.05) is 32.1 Å². The summed E-state index contributed by atoms with van der Waals surface area (Å²) in [5, 5.41) is 2.70. The van der Waals surface area contributed by atoms with Gasteiger partial charge in [-0.05, 0) is 44.2 Å². The van der Waals surface area contributed by atoms with Gasteiger partial charge in [-0.2, -0.15) is 4.31 Å². The van der Waals surface area contributed by atoms with E-state index < -0.39 is 10.0 Å². The summed E-state index contributed by atoms with van der Waals surface area (Å²) in [7, 11) is -1.92. The second-order valence-electron chi connectivity index (χ2n) is 8.89. The first-order valence-corrected chi connectivity index (χ1v) is 12.6. The first-order valence-electron chi connectivity index (χ1n) is 11.1. The number of ether oxygens (including phenoxy) is 1. The number of piperidine rings is 1. The molecule has 1 saturated carbocycles. The van der Waals surface area contributed by atoms with Crippen LogP contribution in [0, 0.1) is 12.8 Å². The molecule has 0 radical (unpaired) electrons. The van der Waals surface area contributed by atoms with E-state index >= 15 is 0 Å². The Kier molecular flexibility index (Phi) is 6.25. The average molecular weight is 450 g/mol. The monoisotopic (exact) mass is 449 g/mol. The van der Waals surface area contributed by atoms with E-state index in [1.165, 1.54) is 16.8 Å². The third-order valence-corrected chi connectivity index (χ3v) is 8.74. The Morgan fingerprint density at radius 1 is 1.16 bits per heavy atom. The number of carbonyl (C=O) groups is 2. The second-order valence-corrected chi connectivity index (χ2v) is 10.8. The normalized spacial score (nSPS) is 22.9. The first kappa shape index (κ1) is 22.1. The number of rotatable bonds is 4. The van der Waals surface area contributed by atoms with Crippen LogP contribution in [0.4, 0.5) is 5.69 Å². The summed E-state index contributed by atoms with van der Waals surface area (Å²) >= 11 is 0. The van der Waals surface area contributed by atoms with Crippen molar-refractivity contribution in [3.63, 3.8) is 0 Å². The molecular formula is C22H31N3O5S. The van der Waals surface area contributed by atoms with E-state index in [0.717, 1.165) is 25.7 Å². The van der Waals surface area contributed by atoms with E-state index in [-0.39, 0.29) is 41.8 Å². The van der Waals surface area contributed by atoms with Gasteiger partial charge in [0.2, 0.25) is 15.9 Å². The molecule has 1 N–H and O–H groups in total. The third kappa shape index (κ3) is 4.43. The highest BCUT2D eigenvalue weighted by atomic mass is 32.2. The van der Waals surface area contributed by atoms with E-state index in [1.807, 2.05) is 11.9 Å². The van der Waals surface area contributed by atoms with Gasteiger partial charge >= 0.3 is 0 Å². The van der Waals surface area contributed by atoms with Crippen molar-refractivity contribution in [1.82, 2.24) is 9.21 Å². The lowest BCUT2D eigenvalue weighted by Gasteiger charge is -2.37. The number of benzene rings is 1. The van der Waals surface area contributed by atoms with E-state index in [1.54, 1.807) is 13.0 Å². The summed E-state index contributed by atoms with van der Waals surface area (Å²) in [6.07, 6.45) is 6.94. The largest absolute Gasteiger partial charge is 0.482 e. The summed E-state index contributed by atoms with van der Waals surface area (Å²) in [6.45, 7) is 2.17. The molecule has 1 atom stereocenters. The van der Waals surface area contributed by atoms with Crippen molar-refractivity contribution in [3.8, 4) is 5.75 Å². The number of nitrogens with zero attached hydrogens (tertiary/aromatic N) is 2. The Morgan fingerprint density at radius 2 is 1.90 bits per heavy atom. The molecule has 2 heterocycles. The van der Waals surface area contributed by atoms with Gasteiger partial charge in [0, 0.05) is 32.2 Å². The van der Waals surface area contributed by atoms with Crippen molar-refractivity contribution >= 4 is 27.5 Å². The highest BCUT2D eigenvalue weighted by Crippen LogP contribution is 2.35. The maximum atomic E-state index is 13.5. The van der Waals surface area contributed by atoms with Gasteiger partial charge in [-0.25, -0.2) is 8.42 Å². The zero-order chi connectivity index (χ0) is 22.2. The molecule has 1 aromatic rings. The number of sulfonamides is 1. The lowest BCUT2D eigenvalue weighted by Crippen LogP contribution is -2.48. The van der Waals surface area contributed by atoms with E-state index in [0.29, 0.717) is 36.4 Å². The van der Waals surface area contributed by atoms with E-state index in [2.05, 4.69) is 5.32 Å². The van der Waals surface area contributed by atoms with Crippen LogP contribution in [-0.4, -0.2) is 62.2 Å². The quantitative estimate of drug-likeness (QED) is 0.762. The molecule has 2 amide bonds. The molecular weight excluding hydrogens is 418 g/mol. The Morgan fingerprint density at radius 3 is 2.65 bits per heavy atom. The zero-order valence-corrected chi connectivity index (χ0v) is 19.0. The highest BCUT2D eigenvalue weighted by molar-refractivity contribution is 7.89. The summed E-state index contributed by atoms with van der Waals surface area (Å²) in [4.78, 5) is 26.7. The fraction of sp³-hybridized carbons (Fsp3) is 0.636. The Hall–Kier alpha value is -2.13. The van der Waals surface area contributed by atoms with Gasteiger partial charge in [-0.15, -0.1) is 0 Å². The molecule has 1 unspecified atom stereocenters. The number of fused-ring (bicyclic) bond motifs is 1. The van der Waals surface area contributed by atoms with Crippen LogP contribution in [0.1, 0.15) is 50.5 Å². The molecule has 9 heteroatoms. The molecule has 3 aliphatic rings. The van der Waals surface area contributed by atoms with E-state index in [4.69, 9.17) is 4.74 Å². The lowest BCUT2D eigenvalue weighted by atomic mass is 9.92. The molecule has 1 saturated heterocycles. The van der Waals surface area contributed by atoms with Crippen LogP contribution in [-0.2, 0) is 19.6 Å². The molecule has 1 aliphatic carbocycles. The van der Waals surface area contributed by atoms with E-state index in [9.17, 15) is 18.0 Å². The van der Waals surface area contributed by atoms with Gasteiger partial charge in [0.15, 0.2) is 6.61 Å². The van der Waals surface area contributed by atoms with Crippen molar-refractivity contribution in [2.45, 2.75) is 62.8 Å². The highest BCUT2D eigenvalue weighted by Gasteiger charge is 2.37. The molecule has 0 aromatic heterocycles. The summed E-state index contributed by atoms with van der Waals surface area (Å²) in [6, 6.07) is 3.38. The number of hydrogen-bond donors (Lipinski definition) is 1. The number of hydrogen-bond acceptors (Lipinski definition) is 5. The molecule has 170 valence electrons. The summed E-state index contributed by atoms with van der Waals surface area (Å²) in [5.74, 6) is -0.170. The number of carbonyl (C=O) groups excluding carboxylic acids is 2. The molecule has 1 aromatic carbocycles. The molecule has 31 heavy (non-hydrogen) atoms. The summed E-state index contributed by atoms with van der Waals surface area (Å²) < 4.78 is 33.8. The van der Waals surface area contributed by atoms with Gasteiger partial charge in [0.25, 0.3) is 5.91 Å². The van der Waals surface area contributed by atoms with Crippen molar-refractivity contribution in [2.24, 2.45) is 5.92 Å². The number of nitrogens with one attached hydrogen (secondary N) is 1. The predicted molar refractivity (Wildman–Crippen MR) is 116 cm³/mol. The lowest BCUT2D eigenvalue weighted by molar-refractivity contribution is -0.138. The van der Waals surface area contributed by atoms with Crippen molar-refractivity contribution in [1.29, 1.82) is 0 Å². The van der Waals surface area contributed by atoms with Crippen LogP contribution in [0.2, 0.25) is 0 Å². The fourth-order valence-corrected chi connectivity index (χ4v) is 6.68. The minimum Gasteiger partial charge on any atom is -0.482 e. The Labute approximate surface area is 184 Å². The van der Waals surface area contributed by atoms with Crippen LogP contribution in [0.25, 0.3) is 0 Å². The first-order chi connectivity index (χ1) is 14.8. The van der Waals surface area contributed by atoms with Crippen LogP contribution in [0.3, 0.4) is 0 Å². The summed E-state index contributed by atoms with van der Waals surface area (Å²) in [5.41, 5.74) is 1.02. The molecule has 0 spiro atoms. The van der Waals surface area contributed by atoms with Gasteiger partial charge < -0.3 is 15.0 Å². The minimum atomic E-state index is -3.79. The van der Waals surface area contributed by atoms with Gasteiger partial charge in [0.05, 0.1) is 16.5 Å². The molecule has 4 rings (SSSR count).